The first-order chi connectivity index (χ1) is 10.7. The van der Waals surface area contributed by atoms with Gasteiger partial charge in [0.25, 0.3) is 0 Å². The third-order valence-corrected chi connectivity index (χ3v) is 3.80. The summed E-state index contributed by atoms with van der Waals surface area (Å²) >= 11 is 0. The van der Waals surface area contributed by atoms with Crippen LogP contribution in [0.25, 0.3) is 0 Å². The molecular weight excluding hydrogens is 279 g/mol. The normalized spacial score (nSPS) is 16.8. The zero-order chi connectivity index (χ0) is 15.5. The molecule has 0 saturated heterocycles. The number of hydrogen-bond donors (Lipinski definition) is 1. The number of rotatable bonds is 3. The minimum absolute atomic E-state index is 0.0383. The molecule has 0 aliphatic carbocycles. The quantitative estimate of drug-likeness (QED) is 0.882. The van der Waals surface area contributed by atoms with Crippen LogP contribution in [-0.2, 0) is 11.2 Å². The van der Waals surface area contributed by atoms with Crippen LogP contribution in [0.2, 0.25) is 0 Å². The standard InChI is InChI=1S/C18H17FN2O/c1-2-18(22)20-15-10-13-6-3-4-9-17(13)21(12-15)16-8-5-7-14(19)11-16/h2-9,11,15H,1,10,12H2,(H,20,22). The number of anilines is 2. The average Bonchev–Trinajstić information content (AvgIpc) is 2.54. The Morgan fingerprint density at radius 2 is 2.09 bits per heavy atom. The van der Waals surface area contributed by atoms with Gasteiger partial charge in [-0.2, -0.15) is 0 Å². The Kier molecular flexibility index (Phi) is 3.92. The van der Waals surface area contributed by atoms with Crippen LogP contribution in [0.15, 0.2) is 61.2 Å². The van der Waals surface area contributed by atoms with Gasteiger partial charge >= 0.3 is 0 Å². The maximum absolute atomic E-state index is 13.6. The lowest BCUT2D eigenvalue weighted by Gasteiger charge is -2.36. The number of nitrogens with one attached hydrogen (secondary N) is 1. The number of hydrogen-bond acceptors (Lipinski definition) is 2. The summed E-state index contributed by atoms with van der Waals surface area (Å²) in [6, 6.07) is 14.5. The zero-order valence-corrected chi connectivity index (χ0v) is 12.1. The van der Waals surface area contributed by atoms with E-state index in [1.54, 1.807) is 6.07 Å². The van der Waals surface area contributed by atoms with Crippen molar-refractivity contribution < 1.29 is 9.18 Å². The highest BCUT2D eigenvalue weighted by atomic mass is 19.1. The summed E-state index contributed by atoms with van der Waals surface area (Å²) in [7, 11) is 0. The van der Waals surface area contributed by atoms with Gasteiger partial charge in [0, 0.05) is 17.9 Å². The van der Waals surface area contributed by atoms with Crippen molar-refractivity contribution in [1.29, 1.82) is 0 Å². The molecule has 0 aromatic heterocycles. The average molecular weight is 296 g/mol. The number of para-hydroxylation sites is 1. The SMILES string of the molecule is C=CC(=O)NC1Cc2ccccc2N(c2cccc(F)c2)C1. The molecule has 1 atom stereocenters. The van der Waals surface area contributed by atoms with Crippen LogP contribution in [0.1, 0.15) is 5.56 Å². The van der Waals surface area contributed by atoms with Gasteiger partial charge in [0.05, 0.1) is 6.04 Å². The topological polar surface area (TPSA) is 32.3 Å². The third kappa shape index (κ3) is 2.86. The fraction of sp³-hybridized carbons (Fsp3) is 0.167. The summed E-state index contributed by atoms with van der Waals surface area (Å²) in [6.45, 7) is 4.08. The second-order valence-corrected chi connectivity index (χ2v) is 5.33. The molecule has 2 aromatic rings. The summed E-state index contributed by atoms with van der Waals surface area (Å²) in [5.41, 5.74) is 2.97. The molecule has 112 valence electrons. The molecule has 1 unspecified atom stereocenters. The van der Waals surface area contributed by atoms with Gasteiger partial charge in [0.2, 0.25) is 5.91 Å². The van der Waals surface area contributed by atoms with Gasteiger partial charge < -0.3 is 10.2 Å². The van der Waals surface area contributed by atoms with Crippen molar-refractivity contribution in [2.75, 3.05) is 11.4 Å². The number of amides is 1. The smallest absolute Gasteiger partial charge is 0.243 e. The van der Waals surface area contributed by atoms with Crippen LogP contribution in [0, 0.1) is 5.82 Å². The van der Waals surface area contributed by atoms with Crippen molar-refractivity contribution in [3.63, 3.8) is 0 Å². The van der Waals surface area contributed by atoms with E-state index in [2.05, 4.69) is 11.9 Å². The molecule has 3 rings (SSSR count). The zero-order valence-electron chi connectivity index (χ0n) is 12.1. The van der Waals surface area contributed by atoms with E-state index in [0.29, 0.717) is 6.54 Å². The van der Waals surface area contributed by atoms with Crippen molar-refractivity contribution in [3.05, 3.63) is 72.6 Å². The minimum Gasteiger partial charge on any atom is -0.348 e. The number of nitrogens with zero attached hydrogens (tertiary/aromatic N) is 1. The van der Waals surface area contributed by atoms with E-state index < -0.39 is 0 Å². The summed E-state index contributed by atoms with van der Waals surface area (Å²) in [4.78, 5) is 13.6. The summed E-state index contributed by atoms with van der Waals surface area (Å²) in [5.74, 6) is -0.462. The first kappa shape index (κ1) is 14.3. The highest BCUT2D eigenvalue weighted by Gasteiger charge is 2.26. The van der Waals surface area contributed by atoms with Gasteiger partial charge in [0.15, 0.2) is 0 Å². The molecule has 2 aromatic carbocycles. The first-order valence-electron chi connectivity index (χ1n) is 7.21. The van der Waals surface area contributed by atoms with Gasteiger partial charge in [-0.3, -0.25) is 4.79 Å². The number of benzene rings is 2. The molecule has 0 fully saturated rings. The molecule has 1 N–H and O–H groups in total. The molecule has 22 heavy (non-hydrogen) atoms. The van der Waals surface area contributed by atoms with Gasteiger partial charge in [-0.15, -0.1) is 0 Å². The van der Waals surface area contributed by atoms with E-state index in [1.165, 1.54) is 18.2 Å². The monoisotopic (exact) mass is 296 g/mol. The van der Waals surface area contributed by atoms with Crippen LogP contribution in [0.4, 0.5) is 15.8 Å². The molecule has 1 aliphatic heterocycles. The maximum Gasteiger partial charge on any atom is 0.243 e. The molecule has 0 radical (unpaired) electrons. The Balaban J connectivity index is 1.97. The van der Waals surface area contributed by atoms with Crippen molar-refractivity contribution >= 4 is 17.3 Å². The molecule has 0 saturated carbocycles. The molecule has 1 amide bonds. The Morgan fingerprint density at radius 1 is 1.27 bits per heavy atom. The minimum atomic E-state index is -0.271. The van der Waals surface area contributed by atoms with Crippen LogP contribution < -0.4 is 10.2 Å². The molecule has 0 bridgehead atoms. The third-order valence-electron chi connectivity index (χ3n) is 3.80. The fourth-order valence-corrected chi connectivity index (χ4v) is 2.84. The van der Waals surface area contributed by atoms with Crippen LogP contribution in [-0.4, -0.2) is 18.5 Å². The lowest BCUT2D eigenvalue weighted by atomic mass is 9.97. The van der Waals surface area contributed by atoms with Gasteiger partial charge in [-0.05, 0) is 42.3 Å². The molecular formula is C18H17FN2O. The van der Waals surface area contributed by atoms with Crippen LogP contribution >= 0.6 is 0 Å². The molecule has 4 heteroatoms. The molecule has 1 aliphatic rings. The van der Waals surface area contributed by atoms with Crippen molar-refractivity contribution in [2.45, 2.75) is 12.5 Å². The van der Waals surface area contributed by atoms with E-state index >= 15 is 0 Å². The molecule has 1 heterocycles. The number of carbonyl (C=O) groups excluding carboxylic acids is 1. The number of carbonyl (C=O) groups is 1. The summed E-state index contributed by atoms with van der Waals surface area (Å²) < 4.78 is 13.6. The predicted molar refractivity (Wildman–Crippen MR) is 85.7 cm³/mol. The maximum atomic E-state index is 13.6. The highest BCUT2D eigenvalue weighted by molar-refractivity contribution is 5.87. The van der Waals surface area contributed by atoms with Gasteiger partial charge in [-0.1, -0.05) is 30.8 Å². The van der Waals surface area contributed by atoms with Crippen molar-refractivity contribution in [1.82, 2.24) is 5.32 Å². The Morgan fingerprint density at radius 3 is 2.86 bits per heavy atom. The Labute approximate surface area is 129 Å². The predicted octanol–water partition coefficient (Wildman–Crippen LogP) is 3.19. The second kappa shape index (κ2) is 6.02. The van der Waals surface area contributed by atoms with E-state index in [1.807, 2.05) is 35.2 Å². The van der Waals surface area contributed by atoms with E-state index in [0.717, 1.165) is 23.4 Å². The number of fused-ring (bicyclic) bond motifs is 1. The van der Waals surface area contributed by atoms with Gasteiger partial charge in [0.1, 0.15) is 5.82 Å². The van der Waals surface area contributed by atoms with Crippen molar-refractivity contribution in [3.8, 4) is 0 Å². The van der Waals surface area contributed by atoms with E-state index in [-0.39, 0.29) is 17.8 Å². The summed E-state index contributed by atoms with van der Waals surface area (Å²) in [6.07, 6.45) is 2.02. The van der Waals surface area contributed by atoms with Gasteiger partial charge in [-0.25, -0.2) is 4.39 Å². The molecule has 0 spiro atoms. The second-order valence-electron chi connectivity index (χ2n) is 5.33. The lowest BCUT2D eigenvalue weighted by molar-refractivity contribution is -0.117. The fourth-order valence-electron chi connectivity index (χ4n) is 2.84. The Bertz CT molecular complexity index is 714. The van der Waals surface area contributed by atoms with Crippen LogP contribution in [0.3, 0.4) is 0 Å². The lowest BCUT2D eigenvalue weighted by Crippen LogP contribution is -2.46. The largest absolute Gasteiger partial charge is 0.348 e. The van der Waals surface area contributed by atoms with Crippen molar-refractivity contribution in [2.24, 2.45) is 0 Å². The Hall–Kier alpha value is -2.62. The van der Waals surface area contributed by atoms with Crippen LogP contribution in [0.5, 0.6) is 0 Å². The molecule has 3 nitrogen and oxygen atoms in total. The highest BCUT2D eigenvalue weighted by Crippen LogP contribution is 2.33. The van der Waals surface area contributed by atoms with E-state index in [9.17, 15) is 9.18 Å². The first-order valence-corrected chi connectivity index (χ1v) is 7.21. The number of halogens is 1. The van der Waals surface area contributed by atoms with E-state index in [4.69, 9.17) is 0 Å². The summed E-state index contributed by atoms with van der Waals surface area (Å²) in [5, 5.41) is 2.93.